The first-order chi connectivity index (χ1) is 14.3. The first kappa shape index (κ1) is 18.9. The summed E-state index contributed by atoms with van der Waals surface area (Å²) < 4.78 is 40.3. The number of imidazole rings is 1. The molecule has 156 valence electrons. The van der Waals surface area contributed by atoms with E-state index in [0.717, 1.165) is 36.5 Å². The molecule has 6 nitrogen and oxygen atoms in total. The minimum absolute atomic E-state index is 0.122. The van der Waals surface area contributed by atoms with E-state index in [1.807, 2.05) is 6.92 Å². The van der Waals surface area contributed by atoms with Crippen LogP contribution in [0.2, 0.25) is 0 Å². The van der Waals surface area contributed by atoms with E-state index in [9.17, 15) is 18.0 Å². The van der Waals surface area contributed by atoms with Gasteiger partial charge in [0, 0.05) is 18.2 Å². The highest BCUT2D eigenvalue weighted by Gasteiger charge is 2.35. The molecule has 2 aromatic heterocycles. The van der Waals surface area contributed by atoms with Crippen molar-refractivity contribution in [1.29, 1.82) is 0 Å². The number of hydrogen-bond acceptors (Lipinski definition) is 3. The number of carbonyl (C=O) groups is 1. The van der Waals surface area contributed by atoms with Gasteiger partial charge in [0.1, 0.15) is 11.5 Å². The fourth-order valence-electron chi connectivity index (χ4n) is 4.07. The summed E-state index contributed by atoms with van der Waals surface area (Å²) in [5, 5.41) is 4.40. The third-order valence-corrected chi connectivity index (χ3v) is 5.99. The van der Waals surface area contributed by atoms with Crippen molar-refractivity contribution in [2.75, 3.05) is 11.4 Å². The zero-order chi connectivity index (χ0) is 21.0. The van der Waals surface area contributed by atoms with Gasteiger partial charge in [-0.3, -0.25) is 9.48 Å². The number of anilines is 1. The number of rotatable bonds is 3. The highest BCUT2D eigenvalue weighted by Crippen LogP contribution is 2.37. The predicted octanol–water partition coefficient (Wildman–Crippen LogP) is 4.78. The van der Waals surface area contributed by atoms with Gasteiger partial charge in [-0.05, 0) is 44.0 Å². The molecule has 1 unspecified atom stereocenters. The third-order valence-electron chi connectivity index (χ3n) is 5.99. The standard InChI is InChI=1S/C21H20F3N5O/c1-12-11-28(15-7-5-14(6-8-15)21(22,23)24)20(30)18-16(9-26-29(12)18)17-10-25-19(27-17)13-3-2-4-13/h5-10,12-13H,2-4,11H2,1H3,(H,25,27). The first-order valence-corrected chi connectivity index (χ1v) is 9.95. The van der Waals surface area contributed by atoms with Gasteiger partial charge in [-0.2, -0.15) is 18.3 Å². The molecule has 0 bridgehead atoms. The van der Waals surface area contributed by atoms with E-state index in [-0.39, 0.29) is 11.9 Å². The Morgan fingerprint density at radius 1 is 1.13 bits per heavy atom. The van der Waals surface area contributed by atoms with Gasteiger partial charge in [0.05, 0.1) is 35.3 Å². The Balaban J connectivity index is 1.49. The normalized spacial score (nSPS) is 19.7. The maximum Gasteiger partial charge on any atom is 0.416 e. The number of H-pyrrole nitrogens is 1. The predicted molar refractivity (Wildman–Crippen MR) is 104 cm³/mol. The van der Waals surface area contributed by atoms with Gasteiger partial charge in [0.2, 0.25) is 0 Å². The smallest absolute Gasteiger partial charge is 0.342 e. The number of alkyl halides is 3. The first-order valence-electron chi connectivity index (χ1n) is 9.95. The largest absolute Gasteiger partial charge is 0.416 e. The molecule has 9 heteroatoms. The lowest BCUT2D eigenvalue weighted by Crippen LogP contribution is -2.42. The SMILES string of the molecule is CC1CN(c2ccc(C(F)(F)F)cc2)C(=O)c2c(-c3cnc(C4CCC4)[nH]3)cnn21. The van der Waals surface area contributed by atoms with E-state index >= 15 is 0 Å². The maximum atomic E-state index is 13.3. The van der Waals surface area contributed by atoms with Crippen LogP contribution < -0.4 is 4.90 Å². The van der Waals surface area contributed by atoms with Crippen LogP contribution in [0.3, 0.4) is 0 Å². The molecule has 0 saturated heterocycles. The zero-order valence-electron chi connectivity index (χ0n) is 16.3. The topological polar surface area (TPSA) is 66.8 Å². The van der Waals surface area contributed by atoms with Gasteiger partial charge in [0.25, 0.3) is 5.91 Å². The number of fused-ring (bicyclic) bond motifs is 1. The molecule has 1 N–H and O–H groups in total. The van der Waals surface area contributed by atoms with E-state index in [1.165, 1.54) is 23.5 Å². The summed E-state index contributed by atoms with van der Waals surface area (Å²) in [6.07, 6.45) is 2.37. The Labute approximate surface area is 170 Å². The van der Waals surface area contributed by atoms with E-state index in [0.29, 0.717) is 29.4 Å². The molecule has 30 heavy (non-hydrogen) atoms. The average Bonchev–Trinajstić information content (AvgIpc) is 3.30. The molecule has 3 aromatic rings. The molecule has 1 fully saturated rings. The molecule has 1 aliphatic carbocycles. The van der Waals surface area contributed by atoms with Crippen LogP contribution in [0.4, 0.5) is 18.9 Å². The molecule has 5 rings (SSSR count). The number of nitrogens with one attached hydrogen (secondary N) is 1. The summed E-state index contributed by atoms with van der Waals surface area (Å²) in [6, 6.07) is 4.55. The van der Waals surface area contributed by atoms with Crippen LogP contribution in [0.1, 0.15) is 60.0 Å². The lowest BCUT2D eigenvalue weighted by Gasteiger charge is -2.32. The van der Waals surface area contributed by atoms with Crippen LogP contribution in [0.25, 0.3) is 11.3 Å². The fraction of sp³-hybridized carbons (Fsp3) is 0.381. The Morgan fingerprint density at radius 2 is 1.87 bits per heavy atom. The number of benzene rings is 1. The van der Waals surface area contributed by atoms with Crippen molar-refractivity contribution in [2.24, 2.45) is 0 Å². The van der Waals surface area contributed by atoms with Crippen molar-refractivity contribution in [2.45, 2.75) is 44.3 Å². The highest BCUT2D eigenvalue weighted by molar-refractivity contribution is 6.09. The minimum atomic E-state index is -4.41. The van der Waals surface area contributed by atoms with Gasteiger partial charge in [-0.15, -0.1) is 0 Å². The minimum Gasteiger partial charge on any atom is -0.342 e. The summed E-state index contributed by atoms with van der Waals surface area (Å²) in [5.41, 5.74) is 1.49. The molecule has 0 radical (unpaired) electrons. The number of hydrogen-bond donors (Lipinski definition) is 1. The van der Waals surface area contributed by atoms with Crippen molar-refractivity contribution in [1.82, 2.24) is 19.7 Å². The Bertz CT molecular complexity index is 1090. The van der Waals surface area contributed by atoms with E-state index in [4.69, 9.17) is 0 Å². The maximum absolute atomic E-state index is 13.3. The lowest BCUT2D eigenvalue weighted by atomic mass is 9.85. The number of aromatic amines is 1. The van der Waals surface area contributed by atoms with E-state index in [1.54, 1.807) is 17.1 Å². The second-order valence-corrected chi connectivity index (χ2v) is 7.97. The summed E-state index contributed by atoms with van der Waals surface area (Å²) in [7, 11) is 0. The molecule has 1 atom stereocenters. The van der Waals surface area contributed by atoms with Crippen LogP contribution in [-0.4, -0.2) is 32.2 Å². The Hall–Kier alpha value is -3.10. The number of nitrogens with zero attached hydrogens (tertiary/aromatic N) is 4. The molecule has 1 aromatic carbocycles. The number of carbonyl (C=O) groups excluding carboxylic acids is 1. The summed E-state index contributed by atoms with van der Waals surface area (Å²) in [5.74, 6) is 1.07. The van der Waals surface area contributed by atoms with E-state index < -0.39 is 11.7 Å². The van der Waals surface area contributed by atoms with Crippen molar-refractivity contribution >= 4 is 11.6 Å². The van der Waals surface area contributed by atoms with Crippen molar-refractivity contribution < 1.29 is 18.0 Å². The van der Waals surface area contributed by atoms with Crippen LogP contribution in [-0.2, 0) is 6.18 Å². The summed E-state index contributed by atoms with van der Waals surface area (Å²) >= 11 is 0. The van der Waals surface area contributed by atoms with Gasteiger partial charge in [-0.25, -0.2) is 4.98 Å². The van der Waals surface area contributed by atoms with Gasteiger partial charge in [0.15, 0.2) is 0 Å². The van der Waals surface area contributed by atoms with Crippen LogP contribution in [0.15, 0.2) is 36.7 Å². The Morgan fingerprint density at radius 3 is 2.50 bits per heavy atom. The molecule has 2 aliphatic rings. The quantitative estimate of drug-likeness (QED) is 0.669. The van der Waals surface area contributed by atoms with Gasteiger partial charge >= 0.3 is 6.18 Å². The van der Waals surface area contributed by atoms with E-state index in [2.05, 4.69) is 15.1 Å². The molecule has 0 spiro atoms. The van der Waals surface area contributed by atoms with Crippen LogP contribution >= 0.6 is 0 Å². The number of amides is 1. The summed E-state index contributed by atoms with van der Waals surface area (Å²) in [4.78, 5) is 22.6. The van der Waals surface area contributed by atoms with Crippen molar-refractivity contribution in [3.8, 4) is 11.3 Å². The monoisotopic (exact) mass is 415 g/mol. The highest BCUT2D eigenvalue weighted by atomic mass is 19.4. The molecule has 1 amide bonds. The third kappa shape index (κ3) is 3.00. The lowest BCUT2D eigenvalue weighted by molar-refractivity contribution is -0.137. The molecular formula is C21H20F3N5O. The second-order valence-electron chi connectivity index (χ2n) is 7.97. The van der Waals surface area contributed by atoms with Crippen LogP contribution in [0.5, 0.6) is 0 Å². The van der Waals surface area contributed by atoms with Crippen molar-refractivity contribution in [3.05, 3.63) is 53.7 Å². The van der Waals surface area contributed by atoms with Gasteiger partial charge < -0.3 is 9.88 Å². The molecule has 1 aliphatic heterocycles. The molecule has 1 saturated carbocycles. The van der Waals surface area contributed by atoms with Gasteiger partial charge in [-0.1, -0.05) is 6.42 Å². The second kappa shape index (κ2) is 6.72. The van der Waals surface area contributed by atoms with Crippen LogP contribution in [0, 0.1) is 0 Å². The number of aromatic nitrogens is 4. The molecule has 3 heterocycles. The molecular weight excluding hydrogens is 395 g/mol. The fourth-order valence-corrected chi connectivity index (χ4v) is 4.07. The zero-order valence-corrected chi connectivity index (χ0v) is 16.3. The number of halogens is 3. The average molecular weight is 415 g/mol. The summed E-state index contributed by atoms with van der Waals surface area (Å²) in [6.45, 7) is 2.26. The van der Waals surface area contributed by atoms with Crippen molar-refractivity contribution in [3.63, 3.8) is 0 Å². The Kier molecular flexibility index (Phi) is 4.23.